The van der Waals surface area contributed by atoms with Gasteiger partial charge in [0.05, 0.1) is 19.2 Å². The van der Waals surface area contributed by atoms with E-state index in [1.54, 1.807) is 12.0 Å². The summed E-state index contributed by atoms with van der Waals surface area (Å²) < 4.78 is 12.2. The largest absolute Gasteiger partial charge is 0.497 e. The van der Waals surface area contributed by atoms with Gasteiger partial charge in [-0.15, -0.1) is 0 Å². The van der Waals surface area contributed by atoms with Crippen molar-refractivity contribution in [1.29, 1.82) is 0 Å². The summed E-state index contributed by atoms with van der Waals surface area (Å²) in [5.74, 6) is 1.16. The van der Waals surface area contributed by atoms with Gasteiger partial charge in [0.2, 0.25) is 5.95 Å². The lowest BCUT2D eigenvalue weighted by Gasteiger charge is -2.39. The first kappa shape index (κ1) is 18.2. The molecule has 0 saturated heterocycles. The van der Waals surface area contributed by atoms with Crippen LogP contribution in [-0.2, 0) is 9.53 Å². The van der Waals surface area contributed by atoms with E-state index in [2.05, 4.69) is 22.2 Å². The lowest BCUT2D eigenvalue weighted by Crippen LogP contribution is -2.44. The van der Waals surface area contributed by atoms with Crippen LogP contribution >= 0.6 is 0 Å². The van der Waals surface area contributed by atoms with Gasteiger partial charge >= 0.3 is 0 Å². The number of hydrogen-bond donors (Lipinski definition) is 0. The number of hydrogen-bond acceptors (Lipinski definition) is 5. The van der Waals surface area contributed by atoms with E-state index in [4.69, 9.17) is 9.47 Å². The Balaban J connectivity index is 1.80. The summed E-state index contributed by atoms with van der Waals surface area (Å²) in [6.45, 7) is -0.0183. The van der Waals surface area contributed by atoms with Gasteiger partial charge in [-0.2, -0.15) is 10.1 Å². The summed E-state index contributed by atoms with van der Waals surface area (Å²) in [6.07, 6.45) is 2.18. The van der Waals surface area contributed by atoms with Crippen LogP contribution in [0.25, 0.3) is 0 Å². The van der Waals surface area contributed by atoms with E-state index < -0.39 is 0 Å². The molecule has 0 aliphatic carbocycles. The number of methoxy groups -OCH3 is 2. The fourth-order valence-corrected chi connectivity index (χ4v) is 3.73. The molecule has 0 saturated carbocycles. The smallest absolute Gasteiger partial charge is 0.255 e. The van der Waals surface area contributed by atoms with Gasteiger partial charge in [-0.25, -0.2) is 4.68 Å². The molecular weight excluding hydrogens is 356 g/mol. The molecule has 2 aromatic carbocycles. The second-order valence-electron chi connectivity index (χ2n) is 6.65. The highest BCUT2D eigenvalue weighted by Crippen LogP contribution is 2.41. The molecule has 4 rings (SSSR count). The van der Waals surface area contributed by atoms with Gasteiger partial charge in [-0.1, -0.05) is 42.5 Å². The van der Waals surface area contributed by atoms with Crippen molar-refractivity contribution in [1.82, 2.24) is 14.8 Å². The maximum Gasteiger partial charge on any atom is 0.255 e. The second kappa shape index (κ2) is 7.82. The number of anilines is 1. The summed E-state index contributed by atoms with van der Waals surface area (Å²) in [4.78, 5) is 19.0. The third-order valence-corrected chi connectivity index (χ3v) is 5.04. The highest BCUT2D eigenvalue weighted by atomic mass is 16.5. The molecule has 28 heavy (non-hydrogen) atoms. The number of benzene rings is 2. The third kappa shape index (κ3) is 3.25. The molecule has 7 nitrogen and oxygen atoms in total. The standard InChI is InChI=1S/C21H22N4O3/c1-27-13-20(26)24-18(16-8-10-17(28-2)11-9-16)12-19(15-6-4-3-5-7-15)25-21(24)22-14-23-25/h3-11,14,18-19H,12-13H2,1-2H3. The van der Waals surface area contributed by atoms with Crippen molar-refractivity contribution in [3.05, 3.63) is 72.1 Å². The molecule has 0 fully saturated rings. The molecule has 0 radical (unpaired) electrons. The molecule has 1 aliphatic rings. The maximum atomic E-state index is 12.9. The molecule has 2 atom stereocenters. The zero-order valence-electron chi connectivity index (χ0n) is 15.9. The Hall–Kier alpha value is -3.19. The van der Waals surface area contributed by atoms with Gasteiger partial charge in [-0.3, -0.25) is 9.69 Å². The SMILES string of the molecule is COCC(=O)N1c2ncnn2C(c2ccccc2)CC1c1ccc(OC)cc1. The van der Waals surface area contributed by atoms with Crippen molar-refractivity contribution in [2.75, 3.05) is 25.7 Å². The van der Waals surface area contributed by atoms with Crippen LogP contribution in [0, 0.1) is 0 Å². The van der Waals surface area contributed by atoms with Gasteiger partial charge in [0, 0.05) is 7.11 Å². The highest BCUT2D eigenvalue weighted by molar-refractivity contribution is 5.93. The number of carbonyl (C=O) groups is 1. The number of fused-ring (bicyclic) bond motifs is 1. The van der Waals surface area contributed by atoms with Crippen molar-refractivity contribution in [3.8, 4) is 5.75 Å². The van der Waals surface area contributed by atoms with Gasteiger partial charge < -0.3 is 9.47 Å². The second-order valence-corrected chi connectivity index (χ2v) is 6.65. The minimum atomic E-state index is -0.185. The molecule has 7 heteroatoms. The van der Waals surface area contributed by atoms with Crippen LogP contribution in [0.3, 0.4) is 0 Å². The van der Waals surface area contributed by atoms with Crippen molar-refractivity contribution in [2.45, 2.75) is 18.5 Å². The fraction of sp³-hybridized carbons (Fsp3) is 0.286. The van der Waals surface area contributed by atoms with Gasteiger partial charge in [0.1, 0.15) is 18.7 Å². The minimum absolute atomic E-state index is 0.0163. The Labute approximate surface area is 163 Å². The average Bonchev–Trinajstić information content (AvgIpc) is 3.23. The molecular formula is C21H22N4O3. The Morgan fingerprint density at radius 1 is 1.04 bits per heavy atom. The van der Waals surface area contributed by atoms with Crippen molar-refractivity contribution >= 4 is 11.9 Å². The maximum absolute atomic E-state index is 12.9. The predicted octanol–water partition coefficient (Wildman–Crippen LogP) is 3.00. The zero-order chi connectivity index (χ0) is 19.5. The molecule has 1 amide bonds. The molecule has 0 bridgehead atoms. The van der Waals surface area contributed by atoms with Crippen molar-refractivity contribution < 1.29 is 14.3 Å². The fourth-order valence-electron chi connectivity index (χ4n) is 3.73. The highest BCUT2D eigenvalue weighted by Gasteiger charge is 2.39. The van der Waals surface area contributed by atoms with Gasteiger partial charge in [0.25, 0.3) is 5.91 Å². The normalized spacial score (nSPS) is 18.6. The Morgan fingerprint density at radius 2 is 1.75 bits per heavy atom. The van der Waals surface area contributed by atoms with Crippen LogP contribution in [0.1, 0.15) is 29.6 Å². The number of nitrogens with zero attached hydrogens (tertiary/aromatic N) is 4. The van der Waals surface area contributed by atoms with Crippen molar-refractivity contribution in [2.24, 2.45) is 0 Å². The average molecular weight is 378 g/mol. The van der Waals surface area contributed by atoms with E-state index in [9.17, 15) is 4.79 Å². The molecule has 0 spiro atoms. The number of aromatic nitrogens is 3. The zero-order valence-corrected chi connectivity index (χ0v) is 15.9. The first-order valence-corrected chi connectivity index (χ1v) is 9.12. The number of amides is 1. The molecule has 1 aromatic heterocycles. The summed E-state index contributed by atoms with van der Waals surface area (Å²) >= 11 is 0. The first-order chi connectivity index (χ1) is 13.7. The van der Waals surface area contributed by atoms with Crippen LogP contribution in [-0.4, -0.2) is 41.5 Å². The Kier molecular flexibility index (Phi) is 5.08. The molecule has 0 N–H and O–H groups in total. The summed E-state index contributed by atoms with van der Waals surface area (Å²) in [5.41, 5.74) is 2.15. The lowest BCUT2D eigenvalue weighted by molar-refractivity contribution is -0.123. The predicted molar refractivity (Wildman–Crippen MR) is 104 cm³/mol. The van der Waals surface area contributed by atoms with Crippen LogP contribution in [0.2, 0.25) is 0 Å². The summed E-state index contributed by atoms with van der Waals surface area (Å²) in [5, 5.41) is 4.41. The van der Waals surface area contributed by atoms with E-state index in [0.717, 1.165) is 16.9 Å². The number of ether oxygens (including phenoxy) is 2. The first-order valence-electron chi connectivity index (χ1n) is 9.12. The molecule has 144 valence electrons. The Morgan fingerprint density at radius 3 is 2.43 bits per heavy atom. The van der Waals surface area contributed by atoms with Crippen LogP contribution in [0.15, 0.2) is 60.9 Å². The van der Waals surface area contributed by atoms with Crippen LogP contribution in [0.4, 0.5) is 5.95 Å². The van der Waals surface area contributed by atoms with Crippen molar-refractivity contribution in [3.63, 3.8) is 0 Å². The quantitative estimate of drug-likeness (QED) is 0.683. The monoisotopic (exact) mass is 378 g/mol. The van der Waals surface area contributed by atoms with Crippen LogP contribution in [0.5, 0.6) is 5.75 Å². The summed E-state index contributed by atoms with van der Waals surface area (Å²) in [6, 6.07) is 17.8. The minimum Gasteiger partial charge on any atom is -0.497 e. The molecule has 2 unspecified atom stereocenters. The number of carbonyl (C=O) groups excluding carboxylic acids is 1. The lowest BCUT2D eigenvalue weighted by atomic mass is 9.92. The van der Waals surface area contributed by atoms with E-state index in [1.165, 1.54) is 13.4 Å². The van der Waals surface area contributed by atoms with Gasteiger partial charge in [-0.05, 0) is 29.7 Å². The van der Waals surface area contributed by atoms with E-state index in [1.807, 2.05) is 47.1 Å². The van der Waals surface area contributed by atoms with E-state index in [0.29, 0.717) is 12.4 Å². The van der Waals surface area contributed by atoms with E-state index in [-0.39, 0.29) is 24.6 Å². The number of rotatable bonds is 5. The van der Waals surface area contributed by atoms with Crippen LogP contribution < -0.4 is 9.64 Å². The molecule has 3 aromatic rings. The van der Waals surface area contributed by atoms with E-state index >= 15 is 0 Å². The topological polar surface area (TPSA) is 69.5 Å². The third-order valence-electron chi connectivity index (χ3n) is 5.04. The Bertz CT molecular complexity index is 940. The molecule has 2 heterocycles. The molecule has 1 aliphatic heterocycles. The van der Waals surface area contributed by atoms with Gasteiger partial charge in [0.15, 0.2) is 0 Å². The summed E-state index contributed by atoms with van der Waals surface area (Å²) in [7, 11) is 3.15.